The molecule has 0 amide bonds. The standard InChI is InChI=1S/C12H26O2Si/c1-13-15(14-2)11-7-6-10-12-8-4-3-5-9-12/h12,15H,3-11H2,1-2H3. The minimum Gasteiger partial charge on any atom is -0.400 e. The van der Waals surface area contributed by atoms with Crippen LogP contribution >= 0.6 is 0 Å². The van der Waals surface area contributed by atoms with Crippen molar-refractivity contribution < 1.29 is 8.85 Å². The largest absolute Gasteiger partial charge is 0.400 e. The molecule has 0 aliphatic heterocycles. The van der Waals surface area contributed by atoms with Gasteiger partial charge in [0.05, 0.1) is 0 Å². The summed E-state index contributed by atoms with van der Waals surface area (Å²) in [6.45, 7) is 0. The molecule has 0 aromatic rings. The second-order valence-corrected chi connectivity index (χ2v) is 7.07. The molecule has 1 fully saturated rings. The maximum Gasteiger partial charge on any atom is 0.320 e. The summed E-state index contributed by atoms with van der Waals surface area (Å²) in [5.74, 6) is 1.03. The molecule has 1 aliphatic carbocycles. The maximum atomic E-state index is 5.31. The van der Waals surface area contributed by atoms with E-state index in [0.717, 1.165) is 5.92 Å². The van der Waals surface area contributed by atoms with E-state index >= 15 is 0 Å². The van der Waals surface area contributed by atoms with Gasteiger partial charge in [0.2, 0.25) is 0 Å². The molecule has 0 spiro atoms. The van der Waals surface area contributed by atoms with Crippen molar-refractivity contribution in [2.75, 3.05) is 14.2 Å². The Hall–Kier alpha value is 0.137. The smallest absolute Gasteiger partial charge is 0.320 e. The summed E-state index contributed by atoms with van der Waals surface area (Å²) >= 11 is 0. The molecule has 0 bridgehead atoms. The molecule has 1 aliphatic rings. The van der Waals surface area contributed by atoms with E-state index < -0.39 is 9.28 Å². The molecule has 1 rings (SSSR count). The van der Waals surface area contributed by atoms with Crippen molar-refractivity contribution >= 4 is 9.28 Å². The lowest BCUT2D eigenvalue weighted by atomic mass is 9.86. The predicted octanol–water partition coefficient (Wildman–Crippen LogP) is 3.25. The van der Waals surface area contributed by atoms with Crippen LogP contribution in [-0.4, -0.2) is 23.5 Å². The van der Waals surface area contributed by atoms with Crippen LogP contribution in [0.25, 0.3) is 0 Å². The fourth-order valence-electron chi connectivity index (χ4n) is 2.55. The van der Waals surface area contributed by atoms with Crippen LogP contribution in [0.2, 0.25) is 6.04 Å². The van der Waals surface area contributed by atoms with Gasteiger partial charge in [-0.3, -0.25) is 0 Å². The van der Waals surface area contributed by atoms with Crippen LogP contribution in [-0.2, 0) is 8.85 Å². The average molecular weight is 230 g/mol. The van der Waals surface area contributed by atoms with E-state index in [1.54, 1.807) is 14.2 Å². The van der Waals surface area contributed by atoms with Crippen LogP contribution in [0.5, 0.6) is 0 Å². The third-order valence-electron chi connectivity index (χ3n) is 3.55. The van der Waals surface area contributed by atoms with Crippen molar-refractivity contribution in [2.45, 2.75) is 57.4 Å². The van der Waals surface area contributed by atoms with Crippen molar-refractivity contribution in [3.63, 3.8) is 0 Å². The van der Waals surface area contributed by atoms with Crippen molar-refractivity contribution in [3.8, 4) is 0 Å². The first-order chi connectivity index (χ1) is 7.36. The fraction of sp³-hybridized carbons (Fsp3) is 1.00. The van der Waals surface area contributed by atoms with Gasteiger partial charge in [0.15, 0.2) is 0 Å². The summed E-state index contributed by atoms with van der Waals surface area (Å²) in [5.41, 5.74) is 0. The van der Waals surface area contributed by atoms with E-state index in [0.29, 0.717) is 0 Å². The zero-order valence-corrected chi connectivity index (χ0v) is 11.5. The summed E-state index contributed by atoms with van der Waals surface area (Å²) < 4.78 is 10.6. The first-order valence-corrected chi connectivity index (χ1v) is 8.18. The molecule has 0 N–H and O–H groups in total. The molecule has 0 saturated heterocycles. The van der Waals surface area contributed by atoms with Gasteiger partial charge in [0.25, 0.3) is 0 Å². The van der Waals surface area contributed by atoms with Gasteiger partial charge in [0, 0.05) is 14.2 Å². The SMILES string of the molecule is CO[SiH](CCCCC1CCCCC1)OC. The Morgan fingerprint density at radius 2 is 1.67 bits per heavy atom. The molecule has 15 heavy (non-hydrogen) atoms. The highest BCUT2D eigenvalue weighted by molar-refractivity contribution is 6.44. The highest BCUT2D eigenvalue weighted by Gasteiger charge is 2.14. The Morgan fingerprint density at radius 3 is 2.27 bits per heavy atom. The van der Waals surface area contributed by atoms with E-state index in [2.05, 4.69) is 0 Å². The Bertz CT molecular complexity index is 143. The van der Waals surface area contributed by atoms with Gasteiger partial charge in [0.1, 0.15) is 0 Å². The number of hydrogen-bond acceptors (Lipinski definition) is 2. The van der Waals surface area contributed by atoms with Gasteiger partial charge in [-0.1, -0.05) is 51.4 Å². The van der Waals surface area contributed by atoms with Crippen molar-refractivity contribution in [1.82, 2.24) is 0 Å². The molecule has 90 valence electrons. The lowest BCUT2D eigenvalue weighted by Crippen LogP contribution is -2.18. The van der Waals surface area contributed by atoms with Crippen LogP contribution in [0.4, 0.5) is 0 Å². The fourth-order valence-corrected chi connectivity index (χ4v) is 3.84. The monoisotopic (exact) mass is 230 g/mol. The predicted molar refractivity (Wildman–Crippen MR) is 66.4 cm³/mol. The lowest BCUT2D eigenvalue weighted by molar-refractivity contribution is 0.274. The van der Waals surface area contributed by atoms with Crippen LogP contribution < -0.4 is 0 Å². The maximum absolute atomic E-state index is 5.31. The Kier molecular flexibility index (Phi) is 7.31. The zero-order valence-electron chi connectivity index (χ0n) is 10.3. The van der Waals surface area contributed by atoms with E-state index in [4.69, 9.17) is 8.85 Å². The minimum atomic E-state index is -1.27. The van der Waals surface area contributed by atoms with Crippen LogP contribution in [0.1, 0.15) is 51.4 Å². The summed E-state index contributed by atoms with van der Waals surface area (Å²) in [6, 6.07) is 1.18. The highest BCUT2D eigenvalue weighted by Crippen LogP contribution is 2.28. The number of rotatable bonds is 7. The van der Waals surface area contributed by atoms with Gasteiger partial charge in [-0.15, -0.1) is 0 Å². The highest BCUT2D eigenvalue weighted by atomic mass is 28.3. The first-order valence-electron chi connectivity index (χ1n) is 6.42. The van der Waals surface area contributed by atoms with Gasteiger partial charge >= 0.3 is 9.28 Å². The summed E-state index contributed by atoms with van der Waals surface area (Å²) in [5, 5.41) is 0. The minimum absolute atomic E-state index is 1.03. The second kappa shape index (κ2) is 8.31. The molecule has 0 radical (unpaired) electrons. The molecule has 0 aromatic carbocycles. The first kappa shape index (κ1) is 13.2. The van der Waals surface area contributed by atoms with Crippen LogP contribution in [0.3, 0.4) is 0 Å². The van der Waals surface area contributed by atoms with Crippen molar-refractivity contribution in [3.05, 3.63) is 0 Å². The third-order valence-corrected chi connectivity index (χ3v) is 5.48. The molecule has 1 saturated carbocycles. The Balaban J connectivity index is 1.95. The second-order valence-electron chi connectivity index (χ2n) is 4.69. The lowest BCUT2D eigenvalue weighted by Gasteiger charge is -2.21. The summed E-state index contributed by atoms with van der Waals surface area (Å²) in [6.07, 6.45) is 11.5. The van der Waals surface area contributed by atoms with Crippen molar-refractivity contribution in [1.29, 1.82) is 0 Å². The van der Waals surface area contributed by atoms with E-state index in [9.17, 15) is 0 Å². The van der Waals surface area contributed by atoms with Crippen LogP contribution in [0, 0.1) is 5.92 Å². The normalized spacial score (nSPS) is 18.6. The van der Waals surface area contributed by atoms with E-state index in [1.165, 1.54) is 57.4 Å². The third kappa shape index (κ3) is 5.69. The van der Waals surface area contributed by atoms with Gasteiger partial charge in [-0.25, -0.2) is 0 Å². The molecule has 2 nitrogen and oxygen atoms in total. The number of unbranched alkanes of at least 4 members (excludes halogenated alkanes) is 1. The topological polar surface area (TPSA) is 18.5 Å². The van der Waals surface area contributed by atoms with Gasteiger partial charge in [-0.05, 0) is 12.0 Å². The van der Waals surface area contributed by atoms with E-state index in [-0.39, 0.29) is 0 Å². The van der Waals surface area contributed by atoms with Gasteiger partial charge in [-0.2, -0.15) is 0 Å². The molecule has 0 atom stereocenters. The van der Waals surface area contributed by atoms with Crippen molar-refractivity contribution in [2.24, 2.45) is 5.92 Å². The van der Waals surface area contributed by atoms with Gasteiger partial charge < -0.3 is 8.85 Å². The summed E-state index contributed by atoms with van der Waals surface area (Å²) in [7, 11) is 2.29. The van der Waals surface area contributed by atoms with Crippen LogP contribution in [0.15, 0.2) is 0 Å². The molecular formula is C12H26O2Si. The molecule has 0 aromatic heterocycles. The molecular weight excluding hydrogens is 204 g/mol. The zero-order chi connectivity index (χ0) is 10.9. The molecule has 0 unspecified atom stereocenters. The Morgan fingerprint density at radius 1 is 1.00 bits per heavy atom. The Labute approximate surface area is 96.2 Å². The van der Waals surface area contributed by atoms with E-state index in [1.807, 2.05) is 0 Å². The average Bonchev–Trinajstić information content (AvgIpc) is 2.31. The number of hydrogen-bond donors (Lipinski definition) is 0. The molecule has 0 heterocycles. The molecule has 3 heteroatoms. The quantitative estimate of drug-likeness (QED) is 0.494. The summed E-state index contributed by atoms with van der Waals surface area (Å²) in [4.78, 5) is 0.